The molecular formula is C31H34N2O3. The second kappa shape index (κ2) is 9.21. The van der Waals surface area contributed by atoms with Crippen LogP contribution < -0.4 is 0 Å². The second-order valence-corrected chi connectivity index (χ2v) is 10.6. The number of benzene rings is 3. The van der Waals surface area contributed by atoms with Gasteiger partial charge in [0, 0.05) is 27.2 Å². The molecule has 5 rings (SSSR count). The lowest BCUT2D eigenvalue weighted by Crippen LogP contribution is -2.60. The second-order valence-electron chi connectivity index (χ2n) is 10.6. The molecule has 1 amide bonds. The number of ketones is 1. The summed E-state index contributed by atoms with van der Waals surface area (Å²) in [4.78, 5) is 31.7. The number of rotatable bonds is 6. The Kier molecular flexibility index (Phi) is 6.21. The van der Waals surface area contributed by atoms with Gasteiger partial charge in [0.25, 0.3) is 0 Å². The minimum Gasteiger partial charge on any atom is -0.508 e. The maximum Gasteiger partial charge on any atom is 0.237 e. The highest BCUT2D eigenvalue weighted by molar-refractivity contribution is 5.97. The van der Waals surface area contributed by atoms with E-state index in [1.165, 1.54) is 0 Å². The van der Waals surface area contributed by atoms with E-state index in [2.05, 4.69) is 4.90 Å². The van der Waals surface area contributed by atoms with E-state index in [1.807, 2.05) is 87.7 Å². The van der Waals surface area contributed by atoms with Crippen molar-refractivity contribution in [1.29, 1.82) is 0 Å². The third-order valence-electron chi connectivity index (χ3n) is 8.37. The molecule has 2 unspecified atom stereocenters. The number of likely N-dealkylation sites (N-methyl/N-ethyl adjacent to an activating group) is 1. The first kappa shape index (κ1) is 24.3. The highest BCUT2D eigenvalue weighted by Crippen LogP contribution is 2.44. The van der Waals surface area contributed by atoms with Crippen molar-refractivity contribution >= 4 is 11.7 Å². The predicted octanol–water partition coefficient (Wildman–Crippen LogP) is 4.31. The van der Waals surface area contributed by atoms with E-state index in [-0.39, 0.29) is 23.5 Å². The molecule has 2 aliphatic rings. The number of nitrogens with zero attached hydrogens (tertiary/aromatic N) is 2. The number of phenols is 1. The fourth-order valence-corrected chi connectivity index (χ4v) is 6.35. The minimum absolute atomic E-state index is 0.0394. The van der Waals surface area contributed by atoms with Gasteiger partial charge in [-0.2, -0.15) is 0 Å². The van der Waals surface area contributed by atoms with Gasteiger partial charge in [-0.05, 0) is 60.6 Å². The van der Waals surface area contributed by atoms with Crippen LogP contribution in [0.1, 0.15) is 42.0 Å². The zero-order valence-corrected chi connectivity index (χ0v) is 21.3. The summed E-state index contributed by atoms with van der Waals surface area (Å²) in [5.41, 5.74) is 2.59. The van der Waals surface area contributed by atoms with Gasteiger partial charge in [-0.1, -0.05) is 66.7 Å². The lowest BCUT2D eigenvalue weighted by molar-refractivity contribution is -0.135. The molecule has 1 saturated heterocycles. The minimum atomic E-state index is -0.853. The van der Waals surface area contributed by atoms with Crippen LogP contribution in [0.3, 0.4) is 0 Å². The van der Waals surface area contributed by atoms with Gasteiger partial charge in [-0.25, -0.2) is 0 Å². The molecule has 5 nitrogen and oxygen atoms in total. The van der Waals surface area contributed by atoms with Gasteiger partial charge in [0.05, 0.1) is 11.5 Å². The molecule has 2 atom stereocenters. The third-order valence-corrected chi connectivity index (χ3v) is 8.37. The molecule has 36 heavy (non-hydrogen) atoms. The molecule has 0 saturated carbocycles. The van der Waals surface area contributed by atoms with E-state index in [1.54, 1.807) is 17.0 Å². The molecule has 0 aromatic heterocycles. The molecule has 5 heteroatoms. The summed E-state index contributed by atoms with van der Waals surface area (Å²) < 4.78 is 0. The zero-order valence-electron chi connectivity index (χ0n) is 21.3. The number of hydrogen-bond donors (Lipinski definition) is 1. The van der Waals surface area contributed by atoms with Crippen LogP contribution in [0.15, 0.2) is 78.9 Å². The lowest BCUT2D eigenvalue weighted by atomic mass is 9.63. The molecule has 0 radical (unpaired) electrons. The number of Topliss-reactive ketones (excluding diaryl/α,β-unsaturated/α-hetero) is 1. The first-order valence-electron chi connectivity index (χ1n) is 12.7. The Bertz CT molecular complexity index is 1230. The van der Waals surface area contributed by atoms with Crippen molar-refractivity contribution in [2.75, 3.05) is 27.2 Å². The molecule has 0 spiro atoms. The fourth-order valence-electron chi connectivity index (χ4n) is 6.35. The molecule has 2 bridgehead atoms. The smallest absolute Gasteiger partial charge is 0.237 e. The SMILES string of the molecule is CN(C)C(=O)C(CCN1CCC2(C)C(=O)C1Cc1ccc(O)cc12)(c1ccccc1)c1ccccc1. The number of fused-ring (bicyclic) bond motifs is 4. The van der Waals surface area contributed by atoms with Gasteiger partial charge in [-0.15, -0.1) is 0 Å². The summed E-state index contributed by atoms with van der Waals surface area (Å²) in [5, 5.41) is 10.1. The van der Waals surface area contributed by atoms with E-state index >= 15 is 0 Å². The summed E-state index contributed by atoms with van der Waals surface area (Å²) in [6.07, 6.45) is 1.90. The van der Waals surface area contributed by atoms with Crippen molar-refractivity contribution in [1.82, 2.24) is 9.80 Å². The van der Waals surface area contributed by atoms with Crippen molar-refractivity contribution in [2.24, 2.45) is 0 Å². The van der Waals surface area contributed by atoms with Crippen LogP contribution in [0.5, 0.6) is 5.75 Å². The Morgan fingerprint density at radius 3 is 2.22 bits per heavy atom. The maximum absolute atomic E-state index is 14.0. The van der Waals surface area contributed by atoms with E-state index in [0.717, 1.165) is 28.8 Å². The van der Waals surface area contributed by atoms with Gasteiger partial charge < -0.3 is 10.0 Å². The van der Waals surface area contributed by atoms with Crippen LogP contribution in [0.2, 0.25) is 0 Å². The number of likely N-dealkylation sites (tertiary alicyclic amines) is 1. The number of carbonyl (C=O) groups excluding carboxylic acids is 2. The zero-order chi connectivity index (χ0) is 25.5. The summed E-state index contributed by atoms with van der Waals surface area (Å²) in [7, 11) is 3.62. The Labute approximate surface area is 213 Å². The first-order valence-corrected chi connectivity index (χ1v) is 12.7. The largest absolute Gasteiger partial charge is 0.508 e. The van der Waals surface area contributed by atoms with Gasteiger partial charge in [0.15, 0.2) is 5.78 Å². The average Bonchev–Trinajstić information content (AvgIpc) is 2.89. The third kappa shape index (κ3) is 3.82. The van der Waals surface area contributed by atoms with Crippen LogP contribution in [0.25, 0.3) is 0 Å². The Morgan fingerprint density at radius 2 is 1.64 bits per heavy atom. The van der Waals surface area contributed by atoms with Crippen molar-refractivity contribution in [2.45, 2.75) is 43.1 Å². The van der Waals surface area contributed by atoms with Crippen LogP contribution in [0.4, 0.5) is 0 Å². The predicted molar refractivity (Wildman–Crippen MR) is 141 cm³/mol. The summed E-state index contributed by atoms with van der Waals surface area (Å²) in [6.45, 7) is 3.42. The number of amides is 1. The number of aromatic hydroxyl groups is 1. The van der Waals surface area contributed by atoms with Gasteiger partial charge in [-0.3, -0.25) is 14.5 Å². The molecule has 186 valence electrons. The van der Waals surface area contributed by atoms with E-state index < -0.39 is 10.8 Å². The quantitative estimate of drug-likeness (QED) is 0.569. The molecule has 3 aromatic rings. The van der Waals surface area contributed by atoms with Gasteiger partial charge >= 0.3 is 0 Å². The number of phenolic OH excluding ortho intramolecular Hbond substituents is 1. The maximum atomic E-state index is 14.0. The number of piperidine rings is 1. The van der Waals surface area contributed by atoms with Gasteiger partial charge in [0.1, 0.15) is 11.2 Å². The first-order chi connectivity index (χ1) is 17.3. The molecule has 3 aromatic carbocycles. The van der Waals surface area contributed by atoms with Crippen LogP contribution in [-0.2, 0) is 26.8 Å². The highest BCUT2D eigenvalue weighted by atomic mass is 16.3. The van der Waals surface area contributed by atoms with E-state index in [4.69, 9.17) is 0 Å². The van der Waals surface area contributed by atoms with Crippen molar-refractivity contribution in [3.8, 4) is 5.75 Å². The van der Waals surface area contributed by atoms with Crippen LogP contribution >= 0.6 is 0 Å². The van der Waals surface area contributed by atoms with Crippen LogP contribution in [0, 0.1) is 0 Å². The summed E-state index contributed by atoms with van der Waals surface area (Å²) >= 11 is 0. The van der Waals surface area contributed by atoms with Gasteiger partial charge in [0.2, 0.25) is 5.91 Å². The Balaban J connectivity index is 1.52. The summed E-state index contributed by atoms with van der Waals surface area (Å²) in [5.74, 6) is 0.467. The lowest BCUT2D eigenvalue weighted by Gasteiger charge is -2.49. The molecule has 1 N–H and O–H groups in total. The number of hydrogen-bond acceptors (Lipinski definition) is 4. The topological polar surface area (TPSA) is 60.9 Å². The monoisotopic (exact) mass is 482 g/mol. The fraction of sp³-hybridized carbons (Fsp3) is 0.355. The van der Waals surface area contributed by atoms with E-state index in [0.29, 0.717) is 25.8 Å². The molecule has 1 aliphatic carbocycles. The Morgan fingerprint density at radius 1 is 1.03 bits per heavy atom. The normalized spacial score (nSPS) is 21.6. The Hall–Kier alpha value is -3.44. The summed E-state index contributed by atoms with van der Waals surface area (Å²) in [6, 6.07) is 25.3. The standard InChI is InChI=1S/C31H34N2O3/c1-30-16-18-33(27(28(30)35)20-22-14-15-25(34)21-26(22)30)19-17-31(29(36)32(2)3,23-10-6-4-7-11-23)24-12-8-5-9-13-24/h4-15,21,27,34H,16-20H2,1-3H3. The number of carbonyl (C=O) groups is 2. The molecule has 1 aliphatic heterocycles. The average molecular weight is 483 g/mol. The van der Waals surface area contributed by atoms with Crippen molar-refractivity contribution in [3.05, 3.63) is 101 Å². The van der Waals surface area contributed by atoms with Crippen molar-refractivity contribution < 1.29 is 14.7 Å². The van der Waals surface area contributed by atoms with Crippen LogP contribution in [-0.4, -0.2) is 59.8 Å². The molecule has 1 heterocycles. The van der Waals surface area contributed by atoms with E-state index in [9.17, 15) is 14.7 Å². The van der Waals surface area contributed by atoms with Crippen molar-refractivity contribution in [3.63, 3.8) is 0 Å². The molecular weight excluding hydrogens is 448 g/mol. The highest BCUT2D eigenvalue weighted by Gasteiger charge is 2.51. The molecule has 1 fully saturated rings.